The van der Waals surface area contributed by atoms with Crippen LogP contribution < -0.4 is 44.6 Å². The van der Waals surface area contributed by atoms with Crippen LogP contribution in [-0.4, -0.2) is 173 Å². The molecule has 0 bridgehead atoms. The van der Waals surface area contributed by atoms with Crippen molar-refractivity contribution < 1.29 is 72.2 Å². The van der Waals surface area contributed by atoms with Crippen molar-refractivity contribution in [3.05, 3.63) is 148 Å². The molecule has 17 nitrogen and oxygen atoms in total. The van der Waals surface area contributed by atoms with Crippen molar-refractivity contribution in [2.75, 3.05) is 108 Å². The molecule has 3 heterocycles. The van der Waals surface area contributed by atoms with E-state index in [2.05, 4.69) is 66.2 Å². The molecule has 0 aliphatic carbocycles. The number of amides is 5. The van der Waals surface area contributed by atoms with E-state index in [1.165, 1.54) is 29.2 Å². The summed E-state index contributed by atoms with van der Waals surface area (Å²) in [5.74, 6) is 0.161. The fourth-order valence-electron chi connectivity index (χ4n) is 5.75. The fourth-order valence-corrected chi connectivity index (χ4v) is 5.75. The highest BCUT2D eigenvalue weighted by molar-refractivity contribution is 5.93. The average molecular weight is 1150 g/mol. The minimum Gasteiger partial charge on any atom is -1.00 e. The summed E-state index contributed by atoms with van der Waals surface area (Å²) in [7, 11) is 11.4. The Labute approximate surface area is 488 Å². The fraction of sp³-hybridized carbons (Fsp3) is 0.483. The van der Waals surface area contributed by atoms with E-state index in [9.17, 15) is 33.6 Å². The molecule has 1 saturated heterocycles. The average Bonchev–Trinajstić information content (AvgIpc) is 3.42. The number of allylic oxidation sites excluding steroid dienone is 2. The molecule has 2 aromatic rings. The lowest BCUT2D eigenvalue weighted by Crippen LogP contribution is -3.00. The van der Waals surface area contributed by atoms with Gasteiger partial charge in [-0.15, -0.1) is 0 Å². The zero-order chi connectivity index (χ0) is 59.6. The van der Waals surface area contributed by atoms with Crippen LogP contribution in [0, 0.1) is 0 Å². The number of hydrogen-bond donors (Lipinski definition) is 2. The van der Waals surface area contributed by atoms with Gasteiger partial charge in [0.15, 0.2) is 42.9 Å². The molecule has 0 unspecified atom stereocenters. The molecule has 0 radical (unpaired) electrons. The predicted octanol–water partition coefficient (Wildman–Crippen LogP) is 0.0103. The molecule has 2 N–H and O–H groups in total. The van der Waals surface area contributed by atoms with Crippen LogP contribution in [0.5, 0.6) is 0 Å². The Morgan fingerprint density at radius 2 is 0.949 bits per heavy atom. The number of aryl methyl sites for hydroxylation is 1. The molecule has 3 rings (SSSR count). The number of nitrogens with zero attached hydrogens (tertiary/aromatic N) is 7. The van der Waals surface area contributed by atoms with Gasteiger partial charge in [0.1, 0.15) is 6.54 Å². The number of carbonyl (C=O) groups is 7. The van der Waals surface area contributed by atoms with E-state index in [1.807, 2.05) is 113 Å². The number of morpholine rings is 1. The highest BCUT2D eigenvalue weighted by atomic mass is 35.5. The number of unbranched alkanes of at least 4 members (excludes halogenated alkanes) is 2. The number of ketones is 2. The van der Waals surface area contributed by atoms with Crippen LogP contribution in [-0.2, 0) is 51.4 Å². The molecule has 1 aliphatic heterocycles. The van der Waals surface area contributed by atoms with Crippen molar-refractivity contribution in [3.8, 4) is 0 Å². The van der Waals surface area contributed by atoms with Crippen LogP contribution in [0.3, 0.4) is 0 Å². The lowest BCUT2D eigenvalue weighted by molar-refractivity contribution is -0.697. The second-order valence-corrected chi connectivity index (χ2v) is 18.0. The summed E-state index contributed by atoms with van der Waals surface area (Å²) in [6, 6.07) is 11.9. The van der Waals surface area contributed by atoms with Gasteiger partial charge in [-0.05, 0) is 113 Å². The topological polar surface area (TPSA) is 177 Å². The first kappa shape index (κ1) is 83.9. The van der Waals surface area contributed by atoms with E-state index in [0.717, 1.165) is 65.0 Å². The number of nitrogens with one attached hydrogen (secondary N) is 2. The van der Waals surface area contributed by atoms with E-state index in [4.69, 9.17) is 4.74 Å². The van der Waals surface area contributed by atoms with E-state index < -0.39 is 0 Å². The monoisotopic (exact) mass is 1140 g/mol. The largest absolute Gasteiger partial charge is 1.00 e. The van der Waals surface area contributed by atoms with Crippen LogP contribution in [0.4, 0.5) is 0 Å². The van der Waals surface area contributed by atoms with E-state index >= 15 is 0 Å². The van der Waals surface area contributed by atoms with Gasteiger partial charge in [0.25, 0.3) is 0 Å². The molecule has 1 aliphatic rings. The van der Waals surface area contributed by atoms with Gasteiger partial charge >= 0.3 is 0 Å². The Morgan fingerprint density at radius 3 is 1.28 bits per heavy atom. The lowest BCUT2D eigenvalue weighted by atomic mass is 10.2. The zero-order valence-corrected chi connectivity index (χ0v) is 51.4. The Bertz CT molecular complexity index is 2060. The number of pyridine rings is 2. The van der Waals surface area contributed by atoms with Gasteiger partial charge in [0, 0.05) is 114 Å². The maximum absolute atomic E-state index is 11.3. The van der Waals surface area contributed by atoms with Gasteiger partial charge in [0.05, 0.1) is 19.8 Å². The number of aromatic nitrogens is 2. The summed E-state index contributed by atoms with van der Waals surface area (Å²) < 4.78 is 9.23. The summed E-state index contributed by atoms with van der Waals surface area (Å²) in [5, 5.41) is 5.37. The van der Waals surface area contributed by atoms with Gasteiger partial charge in [-0.25, -0.2) is 9.13 Å². The van der Waals surface area contributed by atoms with Gasteiger partial charge in [0.2, 0.25) is 29.5 Å². The third kappa shape index (κ3) is 54.8. The van der Waals surface area contributed by atoms with Gasteiger partial charge in [-0.1, -0.05) is 58.2 Å². The summed E-state index contributed by atoms with van der Waals surface area (Å²) in [4.78, 5) is 85.2. The molecule has 0 aromatic carbocycles. The molecule has 1 fully saturated rings. The summed E-state index contributed by atoms with van der Waals surface area (Å²) in [6.07, 6.45) is 18.6. The van der Waals surface area contributed by atoms with Crippen molar-refractivity contribution in [2.45, 2.75) is 86.2 Å². The number of likely N-dealkylation sites (N-methyl/N-ethyl adjacent to an activating group) is 3. The number of hydrogen-bond acceptors (Lipinski definition) is 10. The third-order valence-electron chi connectivity index (χ3n) is 10.1. The smallest absolute Gasteiger partial charge is 0.249 e. The highest BCUT2D eigenvalue weighted by Crippen LogP contribution is 2.03. The van der Waals surface area contributed by atoms with Crippen molar-refractivity contribution in [1.82, 2.24) is 35.1 Å². The molecule has 5 amide bonds. The Balaban J connectivity index is -0.000000197. The standard InChI is InChI=1S/C12H16NO.C10H12N2O.C9H17NO.C8H13NO2.C8H15NO.C7H14N2O.C6H11NO.2ClH/c1-2-12(14)8-4-7-11-13-9-5-3-6-10-13;1-2-10(13)11-6-9-12-7-4-3-5-8-12;1-4-9(11)7-5-6-8-10(2)3;1-7(2)8(10)9-3-5-11-6-4-9;1-5-9(6-2)8(10)7(3)4;1-4-7(10)8-5-6-9(2)3;1-5(2)6(8)7(3)4;;/h2-3,5-6,9-10H,1,4,7-8,11H2;2-5,7-8H,1,6,9H2;4H,1,5-8H2,2-3H3;1,3-6H2,2H3;3,5-6H2,1-2,4H3;4H,1,5-6H2,2-3H3,(H,8,10);1H2,2-4H3;2*1H/q+1;;;;;;;;/p-1. The molecule has 0 saturated carbocycles. The molecule has 19 heteroatoms. The Hall–Kier alpha value is -6.37. The SMILES string of the molecule is C=C(C)C(=O)N(C)C.C=C(C)C(=O)N(CC)CC.C=C(C)C(=O)N1CCOCC1.C=CC(=O)CCCCN(C)C.C=CC(=O)CCCC[n+]1ccccc1.C=CC(=O)NCCN(C)C.C=CC(=O)NCC[n+]1ccccc1.[Cl-].[Cl-]. The second kappa shape index (κ2) is 56.4. The van der Waals surface area contributed by atoms with Gasteiger partial charge in [-0.3, -0.25) is 33.6 Å². The molecule has 0 atom stereocenters. The number of rotatable bonds is 25. The predicted molar refractivity (Wildman–Crippen MR) is 313 cm³/mol. The minimum absolute atomic E-state index is 0. The number of ether oxygens (including phenoxy) is 1. The molecular formula is C60H99Cl2N9O8. The van der Waals surface area contributed by atoms with Crippen LogP contribution in [0.25, 0.3) is 0 Å². The van der Waals surface area contributed by atoms with Crippen molar-refractivity contribution in [3.63, 3.8) is 0 Å². The molecule has 0 spiro atoms. The van der Waals surface area contributed by atoms with E-state index in [-0.39, 0.29) is 65.9 Å². The quantitative estimate of drug-likeness (QED) is 0.0784. The number of carbonyl (C=O) groups excluding carboxylic acids is 7. The maximum Gasteiger partial charge on any atom is 0.249 e. The number of halogens is 2. The van der Waals surface area contributed by atoms with Gasteiger partial charge < -0.3 is 64.7 Å². The van der Waals surface area contributed by atoms with Crippen LogP contribution in [0.15, 0.2) is 148 Å². The van der Waals surface area contributed by atoms with Crippen LogP contribution in [0.2, 0.25) is 0 Å². The molecule has 446 valence electrons. The highest BCUT2D eigenvalue weighted by Gasteiger charge is 2.16. The van der Waals surface area contributed by atoms with Crippen LogP contribution >= 0.6 is 0 Å². The summed E-state index contributed by atoms with van der Waals surface area (Å²) >= 11 is 0. The second-order valence-electron chi connectivity index (χ2n) is 18.0. The Morgan fingerprint density at radius 1 is 0.544 bits per heavy atom. The molecule has 79 heavy (non-hydrogen) atoms. The first-order valence-electron chi connectivity index (χ1n) is 26.0. The third-order valence-corrected chi connectivity index (χ3v) is 10.1. The summed E-state index contributed by atoms with van der Waals surface area (Å²) in [6.45, 7) is 42.5. The molecular weight excluding hydrogens is 1050 g/mol. The van der Waals surface area contributed by atoms with E-state index in [1.54, 1.807) is 44.7 Å². The van der Waals surface area contributed by atoms with Crippen molar-refractivity contribution >= 4 is 41.1 Å². The zero-order valence-electron chi connectivity index (χ0n) is 49.9. The maximum atomic E-state index is 11.3. The Kier molecular flexibility index (Phi) is 59.9. The van der Waals surface area contributed by atoms with Crippen molar-refractivity contribution in [1.29, 1.82) is 0 Å². The first-order valence-corrected chi connectivity index (χ1v) is 26.0. The normalized spacial score (nSPS) is 10.4. The van der Waals surface area contributed by atoms with Crippen molar-refractivity contribution in [2.24, 2.45) is 0 Å². The first-order chi connectivity index (χ1) is 36.4. The minimum atomic E-state index is -0.128. The van der Waals surface area contributed by atoms with E-state index in [0.29, 0.717) is 69.0 Å². The molecule has 2 aromatic heterocycles. The summed E-state index contributed by atoms with van der Waals surface area (Å²) in [5.41, 5.74) is 1.80. The van der Waals surface area contributed by atoms with Crippen LogP contribution in [0.1, 0.15) is 73.1 Å². The van der Waals surface area contributed by atoms with Gasteiger partial charge in [-0.2, -0.15) is 0 Å². The lowest BCUT2D eigenvalue weighted by Gasteiger charge is -2.26.